The van der Waals surface area contributed by atoms with Gasteiger partial charge in [-0.1, -0.05) is 12.8 Å². The zero-order valence-corrected chi connectivity index (χ0v) is 16.2. The molecule has 1 aliphatic heterocycles. The topological polar surface area (TPSA) is 92.9 Å². The maximum Gasteiger partial charge on any atom is 0.257 e. The van der Waals surface area contributed by atoms with E-state index in [1.165, 1.54) is 12.8 Å². The number of rotatable bonds is 4. The first-order valence-corrected chi connectivity index (χ1v) is 9.55. The molecule has 2 aliphatic rings. The summed E-state index contributed by atoms with van der Waals surface area (Å²) in [7, 11) is 4.08. The summed E-state index contributed by atoms with van der Waals surface area (Å²) in [4.78, 5) is 25.3. The summed E-state index contributed by atoms with van der Waals surface area (Å²) in [6.07, 6.45) is 8.67. The van der Waals surface area contributed by atoms with Crippen LogP contribution < -0.4 is 0 Å². The molecule has 1 unspecified atom stereocenters. The molecule has 4 rings (SSSR count). The van der Waals surface area contributed by atoms with Crippen molar-refractivity contribution < 1.29 is 4.79 Å². The number of hydrogen-bond donors (Lipinski definition) is 0. The third-order valence-corrected chi connectivity index (χ3v) is 6.00. The molecule has 0 aromatic carbocycles. The minimum Gasteiger partial charge on any atom is -0.336 e. The van der Waals surface area contributed by atoms with Gasteiger partial charge in [0.1, 0.15) is 11.4 Å². The number of likely N-dealkylation sites (N-methyl/N-ethyl adjacent to an activating group) is 1. The summed E-state index contributed by atoms with van der Waals surface area (Å²) in [5, 5.41) is 12.7. The van der Waals surface area contributed by atoms with E-state index in [0.717, 1.165) is 25.1 Å². The Kier molecular flexibility index (Phi) is 4.63. The van der Waals surface area contributed by atoms with Crippen LogP contribution in [-0.2, 0) is 5.54 Å². The van der Waals surface area contributed by atoms with Crippen LogP contribution in [0, 0.1) is 6.92 Å². The Labute approximate surface area is 158 Å². The van der Waals surface area contributed by atoms with Gasteiger partial charge in [0.05, 0.1) is 11.6 Å². The van der Waals surface area contributed by atoms with Crippen molar-refractivity contribution in [2.45, 2.75) is 50.6 Å². The van der Waals surface area contributed by atoms with Crippen molar-refractivity contribution in [2.24, 2.45) is 0 Å². The van der Waals surface area contributed by atoms with Gasteiger partial charge in [0.2, 0.25) is 0 Å². The Morgan fingerprint density at radius 3 is 2.59 bits per heavy atom. The number of carbonyl (C=O) groups is 1. The number of likely N-dealkylation sites (tertiary alicyclic amines) is 1. The van der Waals surface area contributed by atoms with Gasteiger partial charge < -0.3 is 4.90 Å². The van der Waals surface area contributed by atoms with E-state index in [1.54, 1.807) is 12.4 Å². The molecule has 2 aromatic heterocycles. The lowest BCUT2D eigenvalue weighted by atomic mass is 9.95. The first kappa shape index (κ1) is 18.0. The predicted molar refractivity (Wildman–Crippen MR) is 98.0 cm³/mol. The fourth-order valence-electron chi connectivity index (χ4n) is 4.29. The first-order valence-electron chi connectivity index (χ1n) is 9.55. The predicted octanol–water partition coefficient (Wildman–Crippen LogP) is 1.19. The average Bonchev–Trinajstić information content (AvgIpc) is 3.40. The van der Waals surface area contributed by atoms with Crippen LogP contribution in [0.5, 0.6) is 0 Å². The highest BCUT2D eigenvalue weighted by atomic mass is 16.2. The highest BCUT2D eigenvalue weighted by Gasteiger charge is 2.48. The molecule has 27 heavy (non-hydrogen) atoms. The molecule has 0 N–H and O–H groups in total. The molecular formula is C18H26N8O. The number of hydrogen-bond acceptors (Lipinski definition) is 7. The van der Waals surface area contributed by atoms with Crippen LogP contribution in [0.15, 0.2) is 12.4 Å². The van der Waals surface area contributed by atoms with E-state index in [4.69, 9.17) is 0 Å². The maximum atomic E-state index is 12.9. The van der Waals surface area contributed by atoms with E-state index in [1.807, 2.05) is 30.6 Å². The van der Waals surface area contributed by atoms with Gasteiger partial charge in [-0.05, 0) is 50.7 Å². The molecule has 1 aliphatic carbocycles. The van der Waals surface area contributed by atoms with E-state index >= 15 is 0 Å². The molecule has 2 aromatic rings. The second kappa shape index (κ2) is 6.95. The van der Waals surface area contributed by atoms with Gasteiger partial charge in [-0.2, -0.15) is 0 Å². The molecule has 1 saturated heterocycles. The zero-order valence-electron chi connectivity index (χ0n) is 16.2. The molecule has 1 atom stereocenters. The average molecular weight is 370 g/mol. The van der Waals surface area contributed by atoms with Crippen molar-refractivity contribution >= 4 is 5.91 Å². The molecule has 0 radical (unpaired) electrons. The Morgan fingerprint density at radius 2 is 1.93 bits per heavy atom. The van der Waals surface area contributed by atoms with Gasteiger partial charge >= 0.3 is 0 Å². The third-order valence-electron chi connectivity index (χ3n) is 6.00. The molecule has 1 amide bonds. The molecule has 0 spiro atoms. The first-order chi connectivity index (χ1) is 13.0. The summed E-state index contributed by atoms with van der Waals surface area (Å²) < 4.78 is 2.01. The Bertz CT molecular complexity index is 811. The Hall–Kier alpha value is -2.42. The number of amides is 1. The van der Waals surface area contributed by atoms with Crippen molar-refractivity contribution in [1.82, 2.24) is 40.0 Å². The molecule has 1 saturated carbocycles. The van der Waals surface area contributed by atoms with Crippen molar-refractivity contribution in [3.05, 3.63) is 29.6 Å². The highest BCUT2D eigenvalue weighted by Crippen LogP contribution is 2.38. The number of nitrogens with zero attached hydrogens (tertiary/aromatic N) is 8. The van der Waals surface area contributed by atoms with Crippen LogP contribution in [0.3, 0.4) is 0 Å². The van der Waals surface area contributed by atoms with E-state index in [-0.39, 0.29) is 11.4 Å². The Balaban J connectivity index is 1.62. The number of aromatic nitrogens is 6. The van der Waals surface area contributed by atoms with Crippen LogP contribution in [0.4, 0.5) is 0 Å². The standard InChI is InChI=1S/C18H26N8O/c1-13-19-10-14(11-20-13)16(27)25-9-8-18(12-25,24(2)3)17-21-22-23-26(17)15-6-4-5-7-15/h10-11,15H,4-9,12H2,1-3H3. The van der Waals surface area contributed by atoms with Crippen molar-refractivity contribution in [2.75, 3.05) is 27.2 Å². The summed E-state index contributed by atoms with van der Waals surface area (Å²) in [5.74, 6) is 1.49. The van der Waals surface area contributed by atoms with E-state index in [2.05, 4.69) is 30.4 Å². The minimum absolute atomic E-state index is 0.0429. The van der Waals surface area contributed by atoms with Crippen LogP contribution in [0.25, 0.3) is 0 Å². The molecular weight excluding hydrogens is 344 g/mol. The lowest BCUT2D eigenvalue weighted by Crippen LogP contribution is -2.47. The van der Waals surface area contributed by atoms with Crippen LogP contribution in [0.2, 0.25) is 0 Å². The minimum atomic E-state index is -0.382. The summed E-state index contributed by atoms with van der Waals surface area (Å²) in [6.45, 7) is 3.02. The molecule has 3 heterocycles. The quantitative estimate of drug-likeness (QED) is 0.798. The lowest BCUT2D eigenvalue weighted by Gasteiger charge is -2.35. The monoisotopic (exact) mass is 370 g/mol. The number of carbonyl (C=O) groups excluding carboxylic acids is 1. The second-order valence-corrected chi connectivity index (χ2v) is 7.81. The van der Waals surface area contributed by atoms with Gasteiger partial charge in [0, 0.05) is 25.5 Å². The third kappa shape index (κ3) is 3.09. The van der Waals surface area contributed by atoms with Crippen LogP contribution >= 0.6 is 0 Å². The molecule has 9 nitrogen and oxygen atoms in total. The van der Waals surface area contributed by atoms with Gasteiger partial charge in [-0.25, -0.2) is 14.6 Å². The van der Waals surface area contributed by atoms with Crippen molar-refractivity contribution in [1.29, 1.82) is 0 Å². The normalized spacial score (nSPS) is 23.5. The number of aryl methyl sites for hydroxylation is 1. The largest absolute Gasteiger partial charge is 0.336 e. The fourth-order valence-corrected chi connectivity index (χ4v) is 4.29. The van der Waals surface area contributed by atoms with Crippen LogP contribution in [0.1, 0.15) is 60.2 Å². The van der Waals surface area contributed by atoms with Gasteiger partial charge in [-0.15, -0.1) is 5.10 Å². The zero-order chi connectivity index (χ0) is 19.0. The SMILES string of the molecule is Cc1ncc(C(=O)N2CCC(c3nnnn3C3CCCC3)(N(C)C)C2)cn1. The van der Waals surface area contributed by atoms with Crippen LogP contribution in [-0.4, -0.2) is 73.1 Å². The summed E-state index contributed by atoms with van der Waals surface area (Å²) in [6, 6.07) is 0.363. The van der Waals surface area contributed by atoms with Gasteiger partial charge in [0.25, 0.3) is 5.91 Å². The lowest BCUT2D eigenvalue weighted by molar-refractivity contribution is 0.0736. The van der Waals surface area contributed by atoms with Crippen molar-refractivity contribution in [3.8, 4) is 0 Å². The smallest absolute Gasteiger partial charge is 0.257 e. The highest BCUT2D eigenvalue weighted by molar-refractivity contribution is 5.93. The van der Waals surface area contributed by atoms with E-state index < -0.39 is 0 Å². The Morgan fingerprint density at radius 1 is 1.22 bits per heavy atom. The van der Waals surface area contributed by atoms with Gasteiger partial charge in [-0.3, -0.25) is 9.69 Å². The summed E-state index contributed by atoms with van der Waals surface area (Å²) >= 11 is 0. The van der Waals surface area contributed by atoms with E-state index in [9.17, 15) is 4.79 Å². The van der Waals surface area contributed by atoms with Gasteiger partial charge in [0.15, 0.2) is 5.82 Å². The number of tetrazole rings is 1. The van der Waals surface area contributed by atoms with E-state index in [0.29, 0.717) is 30.5 Å². The molecule has 2 fully saturated rings. The molecule has 9 heteroatoms. The fraction of sp³-hybridized carbons (Fsp3) is 0.667. The maximum absolute atomic E-state index is 12.9. The van der Waals surface area contributed by atoms with Crippen molar-refractivity contribution in [3.63, 3.8) is 0 Å². The molecule has 0 bridgehead atoms. The second-order valence-electron chi connectivity index (χ2n) is 7.81. The molecule has 144 valence electrons. The summed E-state index contributed by atoms with van der Waals surface area (Å²) in [5.41, 5.74) is 0.137.